The molecule has 1 unspecified atom stereocenters. The Balaban J connectivity index is 1.24. The minimum atomic E-state index is -0.216. The predicted molar refractivity (Wildman–Crippen MR) is 147 cm³/mol. The van der Waals surface area contributed by atoms with Crippen LogP contribution in [0, 0.1) is 20.8 Å². The first-order valence-corrected chi connectivity index (χ1v) is 13.2. The van der Waals surface area contributed by atoms with Gasteiger partial charge in [-0.1, -0.05) is 24.3 Å². The molecule has 7 heteroatoms. The maximum atomic E-state index is 13.7. The smallest absolute Gasteiger partial charge is 0.294 e. The van der Waals surface area contributed by atoms with Gasteiger partial charge in [0.2, 0.25) is 5.91 Å². The van der Waals surface area contributed by atoms with Gasteiger partial charge in [0, 0.05) is 40.2 Å². The molecule has 38 heavy (non-hydrogen) atoms. The van der Waals surface area contributed by atoms with Gasteiger partial charge >= 0.3 is 0 Å². The van der Waals surface area contributed by atoms with E-state index in [1.807, 2.05) is 49.9 Å². The van der Waals surface area contributed by atoms with Crippen molar-refractivity contribution in [3.63, 3.8) is 0 Å². The molecule has 1 aliphatic heterocycles. The van der Waals surface area contributed by atoms with Crippen LogP contribution in [0.1, 0.15) is 69.5 Å². The van der Waals surface area contributed by atoms with Crippen LogP contribution in [0.25, 0.3) is 11.0 Å². The number of aryl methyl sites for hydroxylation is 3. The van der Waals surface area contributed by atoms with Gasteiger partial charge in [0.1, 0.15) is 11.3 Å². The summed E-state index contributed by atoms with van der Waals surface area (Å²) in [5.74, 6) is 0.773. The maximum Gasteiger partial charge on any atom is 0.294 e. The van der Waals surface area contributed by atoms with Crippen LogP contribution in [0.4, 0.5) is 5.69 Å². The van der Waals surface area contributed by atoms with E-state index in [4.69, 9.17) is 8.83 Å². The van der Waals surface area contributed by atoms with Crippen LogP contribution in [-0.2, 0) is 24.1 Å². The Labute approximate surface area is 221 Å². The summed E-state index contributed by atoms with van der Waals surface area (Å²) in [4.78, 5) is 28.4. The Hall–Kier alpha value is -4.13. The molecule has 0 bridgehead atoms. The number of furan rings is 2. The van der Waals surface area contributed by atoms with E-state index in [0.717, 1.165) is 75.2 Å². The fourth-order valence-electron chi connectivity index (χ4n) is 6.07. The Morgan fingerprint density at radius 1 is 1.13 bits per heavy atom. The lowest BCUT2D eigenvalue weighted by atomic mass is 9.93. The zero-order valence-corrected chi connectivity index (χ0v) is 22.2. The van der Waals surface area contributed by atoms with E-state index < -0.39 is 0 Å². The highest BCUT2D eigenvalue weighted by Crippen LogP contribution is 2.36. The number of carbonyl (C=O) groups excluding carboxylic acids is 2. The van der Waals surface area contributed by atoms with Crippen molar-refractivity contribution in [3.8, 4) is 0 Å². The fraction of sp³-hybridized carbons (Fsp3) is 0.323. The minimum absolute atomic E-state index is 0.0559. The number of carbonyl (C=O) groups is 2. The summed E-state index contributed by atoms with van der Waals surface area (Å²) >= 11 is 0. The van der Waals surface area contributed by atoms with Gasteiger partial charge in [0.05, 0.1) is 18.4 Å². The summed E-state index contributed by atoms with van der Waals surface area (Å²) in [7, 11) is 0. The lowest BCUT2D eigenvalue weighted by Crippen LogP contribution is -2.35. The Morgan fingerprint density at radius 2 is 1.95 bits per heavy atom. The van der Waals surface area contributed by atoms with Crippen LogP contribution in [0.5, 0.6) is 0 Å². The number of para-hydroxylation sites is 1. The molecule has 0 saturated heterocycles. The van der Waals surface area contributed by atoms with Crippen molar-refractivity contribution in [1.82, 2.24) is 5.43 Å². The molecule has 2 amide bonds. The second-order valence-corrected chi connectivity index (χ2v) is 10.6. The van der Waals surface area contributed by atoms with Gasteiger partial charge in [0.15, 0.2) is 5.76 Å². The maximum absolute atomic E-state index is 13.7. The molecular formula is C31H31N3O4. The molecule has 0 spiro atoms. The third-order valence-corrected chi connectivity index (χ3v) is 7.71. The molecule has 2 aromatic carbocycles. The molecule has 1 N–H and O–H groups in total. The van der Waals surface area contributed by atoms with Crippen LogP contribution in [0.2, 0.25) is 0 Å². The van der Waals surface area contributed by atoms with Gasteiger partial charge in [0.25, 0.3) is 5.91 Å². The van der Waals surface area contributed by atoms with Crippen molar-refractivity contribution in [2.24, 2.45) is 5.10 Å². The lowest BCUT2D eigenvalue weighted by Gasteiger charge is -2.21. The zero-order chi connectivity index (χ0) is 26.6. The number of benzene rings is 2. The SMILES string of the molecule is Cc1cc(C)c2c(CC(=O)N/N=C3\CCCc4oc(C(=O)N5c6ccccc6CC5C)c(C)c43)coc2c1. The van der Waals surface area contributed by atoms with E-state index in [0.29, 0.717) is 12.2 Å². The Morgan fingerprint density at radius 3 is 2.79 bits per heavy atom. The number of hydrazone groups is 1. The topological polar surface area (TPSA) is 88.0 Å². The number of rotatable bonds is 4. The number of anilines is 1. The Bertz CT molecular complexity index is 1620. The third kappa shape index (κ3) is 4.02. The molecule has 194 valence electrons. The highest BCUT2D eigenvalue weighted by Gasteiger charge is 2.36. The molecule has 3 heterocycles. The largest absolute Gasteiger partial charge is 0.464 e. The number of nitrogens with one attached hydrogen (secondary N) is 1. The van der Waals surface area contributed by atoms with Gasteiger partial charge in [-0.15, -0.1) is 0 Å². The molecule has 6 rings (SSSR count). The van der Waals surface area contributed by atoms with Gasteiger partial charge in [-0.3, -0.25) is 9.59 Å². The molecule has 0 fully saturated rings. The molecule has 1 atom stereocenters. The molecule has 7 nitrogen and oxygen atoms in total. The average molecular weight is 510 g/mol. The second kappa shape index (κ2) is 9.31. The first-order chi connectivity index (χ1) is 18.3. The second-order valence-electron chi connectivity index (χ2n) is 10.6. The molecule has 2 aliphatic rings. The highest BCUT2D eigenvalue weighted by molar-refractivity contribution is 6.11. The predicted octanol–water partition coefficient (Wildman–Crippen LogP) is 5.94. The molecular weight excluding hydrogens is 478 g/mol. The number of hydrogen-bond acceptors (Lipinski definition) is 5. The van der Waals surface area contributed by atoms with Crippen molar-refractivity contribution in [2.45, 2.75) is 65.8 Å². The van der Waals surface area contributed by atoms with Gasteiger partial charge in [-0.05, 0) is 75.8 Å². The van der Waals surface area contributed by atoms with Crippen LogP contribution < -0.4 is 10.3 Å². The van der Waals surface area contributed by atoms with Gasteiger partial charge < -0.3 is 13.7 Å². The van der Waals surface area contributed by atoms with Crippen LogP contribution in [0.15, 0.2) is 56.6 Å². The molecule has 0 saturated carbocycles. The number of fused-ring (bicyclic) bond motifs is 3. The standard InChI is InChI=1S/C31H31N3O4/c1-17-12-18(2)28-22(16-37-26(28)13-17)15-27(35)33-32-23-9-7-11-25-29(23)20(4)30(38-25)31(36)34-19(3)14-21-8-5-6-10-24(21)34/h5-6,8,10,12-13,16,19H,7,9,11,14-15H2,1-4H3,(H,33,35)/b32-23+. The van der Waals surface area contributed by atoms with E-state index in [1.54, 1.807) is 6.26 Å². The fourth-order valence-corrected chi connectivity index (χ4v) is 6.07. The van der Waals surface area contributed by atoms with Crippen molar-refractivity contribution in [2.75, 3.05) is 4.90 Å². The first-order valence-electron chi connectivity index (χ1n) is 13.2. The van der Waals surface area contributed by atoms with Crippen molar-refractivity contribution in [3.05, 3.63) is 87.6 Å². The van der Waals surface area contributed by atoms with Crippen LogP contribution in [0.3, 0.4) is 0 Å². The monoisotopic (exact) mass is 509 g/mol. The summed E-state index contributed by atoms with van der Waals surface area (Å²) in [5, 5.41) is 5.48. The van der Waals surface area contributed by atoms with Crippen LogP contribution >= 0.6 is 0 Å². The van der Waals surface area contributed by atoms with E-state index in [9.17, 15) is 9.59 Å². The average Bonchev–Trinajstić information content (AvgIpc) is 3.55. The number of hydrogen-bond donors (Lipinski definition) is 1. The van der Waals surface area contributed by atoms with E-state index in [1.165, 1.54) is 5.56 Å². The van der Waals surface area contributed by atoms with Crippen LogP contribution in [-0.4, -0.2) is 23.6 Å². The quantitative estimate of drug-likeness (QED) is 0.345. The molecule has 0 radical (unpaired) electrons. The lowest BCUT2D eigenvalue weighted by molar-refractivity contribution is -0.120. The normalized spacial score (nSPS) is 17.6. The van der Waals surface area contributed by atoms with Crippen molar-refractivity contribution < 1.29 is 18.4 Å². The summed E-state index contributed by atoms with van der Waals surface area (Å²) in [6.45, 7) is 8.02. The number of amides is 2. The number of nitrogens with zero attached hydrogens (tertiary/aromatic N) is 2. The molecule has 2 aromatic heterocycles. The summed E-state index contributed by atoms with van der Waals surface area (Å²) in [6.07, 6.45) is 4.93. The third-order valence-electron chi connectivity index (χ3n) is 7.71. The van der Waals surface area contributed by atoms with E-state index in [2.05, 4.69) is 29.6 Å². The highest BCUT2D eigenvalue weighted by atomic mass is 16.4. The Kier molecular flexibility index (Phi) is 5.94. The van der Waals surface area contributed by atoms with Gasteiger partial charge in [-0.2, -0.15) is 5.10 Å². The summed E-state index contributed by atoms with van der Waals surface area (Å²) in [6, 6.07) is 12.1. The zero-order valence-electron chi connectivity index (χ0n) is 22.2. The van der Waals surface area contributed by atoms with E-state index >= 15 is 0 Å². The first kappa shape index (κ1) is 24.2. The molecule has 1 aliphatic carbocycles. The van der Waals surface area contributed by atoms with Gasteiger partial charge in [-0.25, -0.2) is 5.43 Å². The van der Waals surface area contributed by atoms with E-state index in [-0.39, 0.29) is 24.3 Å². The van der Waals surface area contributed by atoms with Crippen molar-refractivity contribution in [1.29, 1.82) is 0 Å². The van der Waals surface area contributed by atoms with Crippen molar-refractivity contribution >= 4 is 34.2 Å². The molecule has 4 aromatic rings. The minimum Gasteiger partial charge on any atom is -0.464 e. The summed E-state index contributed by atoms with van der Waals surface area (Å²) in [5.41, 5.74) is 11.1. The summed E-state index contributed by atoms with van der Waals surface area (Å²) < 4.78 is 11.9.